The highest BCUT2D eigenvalue weighted by Gasteiger charge is 2.33. The lowest BCUT2D eigenvalue weighted by Crippen LogP contribution is -2.54. The lowest BCUT2D eigenvalue weighted by Gasteiger charge is -2.33. The number of hydrogen-bond donors (Lipinski definition) is 1. The number of hydrogen-bond acceptors (Lipinski definition) is 4. The van der Waals surface area contributed by atoms with Gasteiger partial charge in [0, 0.05) is 27.7 Å². The first-order valence-electron chi connectivity index (χ1n) is 12.1. The summed E-state index contributed by atoms with van der Waals surface area (Å²) in [5.41, 5.74) is -0.275. The van der Waals surface area contributed by atoms with Crippen LogP contribution >= 0.6 is 23.2 Å². The molecule has 0 saturated heterocycles. The molecule has 3 aromatic rings. The van der Waals surface area contributed by atoms with Crippen molar-refractivity contribution in [2.45, 2.75) is 50.7 Å². The minimum absolute atomic E-state index is 0.0983. The molecular weight excluding hydrogens is 564 g/mol. The number of amides is 2. The van der Waals surface area contributed by atoms with E-state index < -0.39 is 45.8 Å². The third-order valence-electron chi connectivity index (χ3n) is 5.74. The van der Waals surface area contributed by atoms with Gasteiger partial charge in [0.25, 0.3) is 10.0 Å². The van der Waals surface area contributed by atoms with Gasteiger partial charge in [0.1, 0.15) is 18.4 Å². The highest BCUT2D eigenvalue weighted by molar-refractivity contribution is 7.92. The van der Waals surface area contributed by atoms with Crippen molar-refractivity contribution in [3.63, 3.8) is 0 Å². The van der Waals surface area contributed by atoms with Crippen LogP contribution in [0.3, 0.4) is 0 Å². The number of carbonyl (C=O) groups is 2. The van der Waals surface area contributed by atoms with Crippen LogP contribution in [-0.2, 0) is 26.2 Å². The normalized spacial score (nSPS) is 12.5. The predicted molar refractivity (Wildman–Crippen MR) is 152 cm³/mol. The minimum Gasteiger partial charge on any atom is -0.350 e. The molecular formula is C28H30Cl2FN3O4S. The molecule has 0 radical (unpaired) electrons. The molecule has 7 nitrogen and oxygen atoms in total. The molecule has 3 rings (SSSR count). The Labute approximate surface area is 238 Å². The Hall–Kier alpha value is -3.14. The van der Waals surface area contributed by atoms with E-state index in [4.69, 9.17) is 23.2 Å². The van der Waals surface area contributed by atoms with Gasteiger partial charge < -0.3 is 10.2 Å². The standard InChI is InChI=1S/C28H30Cl2FN3O4S/c1-19(27(36)32-28(2,3)4)33(17-20-8-5-6-11-25(20)31)26(35)18-34(23-10-7-9-22(30)16-23)39(37,38)24-14-12-21(29)13-15-24/h5-16,19H,17-18H2,1-4H3,(H,32,36). The summed E-state index contributed by atoms with van der Waals surface area (Å²) in [7, 11) is -4.28. The zero-order valence-corrected chi connectivity index (χ0v) is 24.3. The molecule has 0 fully saturated rings. The summed E-state index contributed by atoms with van der Waals surface area (Å²) in [6.45, 7) is 5.96. The topological polar surface area (TPSA) is 86.8 Å². The van der Waals surface area contributed by atoms with Gasteiger partial charge in [-0.15, -0.1) is 0 Å². The quantitative estimate of drug-likeness (QED) is 0.347. The average molecular weight is 595 g/mol. The van der Waals surface area contributed by atoms with Crippen LogP contribution < -0.4 is 9.62 Å². The molecule has 1 unspecified atom stereocenters. The van der Waals surface area contributed by atoms with Gasteiger partial charge in [0.15, 0.2) is 0 Å². The summed E-state index contributed by atoms with van der Waals surface area (Å²) >= 11 is 12.1. The van der Waals surface area contributed by atoms with Gasteiger partial charge >= 0.3 is 0 Å². The van der Waals surface area contributed by atoms with Gasteiger partial charge in [-0.05, 0) is 76.2 Å². The predicted octanol–water partition coefficient (Wildman–Crippen LogP) is 5.66. The molecule has 2 amide bonds. The zero-order chi connectivity index (χ0) is 29.0. The molecule has 1 N–H and O–H groups in total. The fourth-order valence-corrected chi connectivity index (χ4v) is 5.48. The minimum atomic E-state index is -4.28. The number of carbonyl (C=O) groups excluding carboxylic acids is 2. The van der Waals surface area contributed by atoms with Crippen molar-refractivity contribution >= 4 is 50.7 Å². The first-order valence-corrected chi connectivity index (χ1v) is 14.3. The monoisotopic (exact) mass is 593 g/mol. The van der Waals surface area contributed by atoms with Crippen LogP contribution in [0.25, 0.3) is 0 Å². The average Bonchev–Trinajstić information content (AvgIpc) is 2.85. The maximum Gasteiger partial charge on any atom is 0.264 e. The van der Waals surface area contributed by atoms with E-state index in [1.807, 2.05) is 0 Å². The first-order chi connectivity index (χ1) is 18.2. The van der Waals surface area contributed by atoms with Crippen molar-refractivity contribution < 1.29 is 22.4 Å². The first kappa shape index (κ1) is 30.4. The lowest BCUT2D eigenvalue weighted by atomic mass is 10.1. The Morgan fingerprint density at radius 1 is 0.949 bits per heavy atom. The molecule has 3 aromatic carbocycles. The SMILES string of the molecule is CC(C(=O)NC(C)(C)C)N(Cc1ccccc1F)C(=O)CN(c1cccc(Cl)c1)S(=O)(=O)c1ccc(Cl)cc1. The molecule has 0 aliphatic carbocycles. The maximum absolute atomic E-state index is 14.6. The molecule has 0 bridgehead atoms. The van der Waals surface area contributed by atoms with Crippen LogP contribution in [0.2, 0.25) is 10.0 Å². The number of sulfonamides is 1. The Morgan fingerprint density at radius 2 is 1.59 bits per heavy atom. The second kappa shape index (κ2) is 12.4. The van der Waals surface area contributed by atoms with E-state index in [1.54, 1.807) is 39.0 Å². The van der Waals surface area contributed by atoms with Gasteiger partial charge in [-0.25, -0.2) is 12.8 Å². The van der Waals surface area contributed by atoms with Gasteiger partial charge in [-0.2, -0.15) is 0 Å². The molecule has 0 heterocycles. The Morgan fingerprint density at radius 3 is 2.18 bits per heavy atom. The van der Waals surface area contributed by atoms with E-state index in [-0.39, 0.29) is 27.7 Å². The number of rotatable bonds is 9. The summed E-state index contributed by atoms with van der Waals surface area (Å²) in [6, 6.07) is 16.4. The number of nitrogens with one attached hydrogen (secondary N) is 1. The van der Waals surface area contributed by atoms with E-state index in [9.17, 15) is 22.4 Å². The van der Waals surface area contributed by atoms with E-state index in [2.05, 4.69) is 5.32 Å². The zero-order valence-electron chi connectivity index (χ0n) is 22.0. The molecule has 39 heavy (non-hydrogen) atoms. The maximum atomic E-state index is 14.6. The van der Waals surface area contributed by atoms with Crippen molar-refractivity contribution in [2.75, 3.05) is 10.8 Å². The Balaban J connectivity index is 2.05. The Bertz CT molecular complexity index is 1440. The van der Waals surface area contributed by atoms with Crippen LogP contribution in [0, 0.1) is 5.82 Å². The third-order valence-corrected chi connectivity index (χ3v) is 8.02. The number of anilines is 1. The van der Waals surface area contributed by atoms with Gasteiger partial charge in [-0.3, -0.25) is 13.9 Å². The summed E-state index contributed by atoms with van der Waals surface area (Å²) in [5.74, 6) is -1.74. The van der Waals surface area contributed by atoms with Crippen molar-refractivity contribution in [1.29, 1.82) is 0 Å². The van der Waals surface area contributed by atoms with Gasteiger partial charge in [-0.1, -0.05) is 47.5 Å². The van der Waals surface area contributed by atoms with E-state index in [1.165, 1.54) is 61.5 Å². The van der Waals surface area contributed by atoms with E-state index >= 15 is 0 Å². The molecule has 0 spiro atoms. The van der Waals surface area contributed by atoms with Crippen molar-refractivity contribution in [1.82, 2.24) is 10.2 Å². The van der Waals surface area contributed by atoms with Gasteiger partial charge in [0.05, 0.1) is 10.6 Å². The lowest BCUT2D eigenvalue weighted by molar-refractivity contribution is -0.140. The van der Waals surface area contributed by atoms with Crippen LogP contribution in [0.15, 0.2) is 77.7 Å². The molecule has 208 valence electrons. The van der Waals surface area contributed by atoms with E-state index in [0.29, 0.717) is 5.02 Å². The molecule has 0 aliphatic rings. The summed E-state index contributed by atoms with van der Waals surface area (Å²) < 4.78 is 43.0. The molecule has 11 heteroatoms. The second-order valence-electron chi connectivity index (χ2n) is 9.97. The molecule has 0 saturated carbocycles. The van der Waals surface area contributed by atoms with Crippen LogP contribution in [-0.4, -0.2) is 43.3 Å². The highest BCUT2D eigenvalue weighted by Crippen LogP contribution is 2.27. The smallest absolute Gasteiger partial charge is 0.264 e. The van der Waals surface area contributed by atoms with Gasteiger partial charge in [0.2, 0.25) is 11.8 Å². The summed E-state index contributed by atoms with van der Waals surface area (Å²) in [5, 5.41) is 3.42. The van der Waals surface area contributed by atoms with Crippen LogP contribution in [0.4, 0.5) is 10.1 Å². The van der Waals surface area contributed by atoms with Crippen molar-refractivity contribution in [2.24, 2.45) is 0 Å². The fraction of sp³-hybridized carbons (Fsp3) is 0.286. The highest BCUT2D eigenvalue weighted by atomic mass is 35.5. The van der Waals surface area contributed by atoms with Crippen LogP contribution in [0.1, 0.15) is 33.3 Å². The second-order valence-corrected chi connectivity index (χ2v) is 12.7. The largest absolute Gasteiger partial charge is 0.350 e. The summed E-state index contributed by atoms with van der Waals surface area (Å²) in [4.78, 5) is 28.0. The number of halogens is 3. The third kappa shape index (κ3) is 7.94. The summed E-state index contributed by atoms with van der Waals surface area (Å²) in [6.07, 6.45) is 0. The van der Waals surface area contributed by atoms with Crippen molar-refractivity contribution in [3.05, 3.63) is 94.2 Å². The fourth-order valence-electron chi connectivity index (χ4n) is 3.76. The number of benzene rings is 3. The van der Waals surface area contributed by atoms with Crippen molar-refractivity contribution in [3.8, 4) is 0 Å². The van der Waals surface area contributed by atoms with Crippen LogP contribution in [0.5, 0.6) is 0 Å². The Kier molecular flexibility index (Phi) is 9.64. The number of nitrogens with zero attached hydrogens (tertiary/aromatic N) is 2. The van der Waals surface area contributed by atoms with E-state index in [0.717, 1.165) is 9.21 Å². The molecule has 1 atom stereocenters. The molecule has 0 aromatic heterocycles. The molecule has 0 aliphatic heterocycles.